The fourth-order valence-electron chi connectivity index (χ4n) is 2.86. The number of aromatic nitrogens is 2. The molecule has 19 heavy (non-hydrogen) atoms. The van der Waals surface area contributed by atoms with E-state index in [4.69, 9.17) is 0 Å². The summed E-state index contributed by atoms with van der Waals surface area (Å²) >= 11 is 2.57. The Kier molecular flexibility index (Phi) is 3.58. The predicted octanol–water partition coefficient (Wildman–Crippen LogP) is 2.17. The van der Waals surface area contributed by atoms with E-state index >= 15 is 0 Å². The van der Waals surface area contributed by atoms with Gasteiger partial charge in [-0.3, -0.25) is 0 Å². The Bertz CT molecular complexity index is 509. The Labute approximate surface area is 126 Å². The van der Waals surface area contributed by atoms with E-state index in [0.717, 1.165) is 13.1 Å². The summed E-state index contributed by atoms with van der Waals surface area (Å²) in [5.74, 6) is 1.23. The standard InChI is InChI=1S/C14H17IN4/c1-14(15)9-19-11-5-2-4-10(12(11)14)8-18-13-16-6-3-7-17-13/h2-7,11-12,19H,8-9H2,1H3,(H,16,17,18). The zero-order valence-electron chi connectivity index (χ0n) is 10.8. The van der Waals surface area contributed by atoms with E-state index in [0.29, 0.717) is 17.9 Å². The molecule has 1 aromatic heterocycles. The maximum absolute atomic E-state index is 4.20. The van der Waals surface area contributed by atoms with E-state index in [-0.39, 0.29) is 3.42 Å². The van der Waals surface area contributed by atoms with Crippen molar-refractivity contribution in [1.82, 2.24) is 15.3 Å². The lowest BCUT2D eigenvalue weighted by Crippen LogP contribution is -2.35. The van der Waals surface area contributed by atoms with Gasteiger partial charge in [0.15, 0.2) is 0 Å². The normalized spacial score (nSPS) is 32.8. The van der Waals surface area contributed by atoms with Crippen LogP contribution < -0.4 is 10.6 Å². The van der Waals surface area contributed by atoms with Crippen molar-refractivity contribution in [2.45, 2.75) is 16.4 Å². The van der Waals surface area contributed by atoms with Crippen LogP contribution in [0.3, 0.4) is 0 Å². The van der Waals surface area contributed by atoms with Gasteiger partial charge in [0.2, 0.25) is 5.95 Å². The van der Waals surface area contributed by atoms with Crippen LogP contribution in [0.2, 0.25) is 0 Å². The molecule has 0 bridgehead atoms. The third-order valence-electron chi connectivity index (χ3n) is 3.74. The first kappa shape index (κ1) is 13.1. The van der Waals surface area contributed by atoms with E-state index < -0.39 is 0 Å². The first-order valence-electron chi connectivity index (χ1n) is 6.47. The minimum absolute atomic E-state index is 0.262. The number of rotatable bonds is 3. The molecule has 3 unspecified atom stereocenters. The molecule has 0 saturated carbocycles. The van der Waals surface area contributed by atoms with Gasteiger partial charge >= 0.3 is 0 Å². The van der Waals surface area contributed by atoms with Crippen LogP contribution in [0.5, 0.6) is 0 Å². The van der Waals surface area contributed by atoms with Crippen molar-refractivity contribution in [2.75, 3.05) is 18.4 Å². The van der Waals surface area contributed by atoms with Gasteiger partial charge in [0.1, 0.15) is 0 Å². The molecule has 3 rings (SSSR count). The molecule has 0 spiro atoms. The summed E-state index contributed by atoms with van der Waals surface area (Å²) in [7, 11) is 0. The molecule has 1 aliphatic carbocycles. The molecule has 1 aromatic rings. The molecule has 4 nitrogen and oxygen atoms in total. The lowest BCUT2D eigenvalue weighted by molar-refractivity contribution is 0.527. The molecule has 1 fully saturated rings. The second-order valence-corrected chi connectivity index (χ2v) is 7.68. The SMILES string of the molecule is CC1(I)CNC2C=CC=C(CNc3ncccn3)C21. The van der Waals surface area contributed by atoms with Crippen LogP contribution in [0.1, 0.15) is 6.92 Å². The molecule has 1 aliphatic heterocycles. The second kappa shape index (κ2) is 5.20. The number of halogens is 1. The highest BCUT2D eigenvalue weighted by Crippen LogP contribution is 2.41. The average Bonchev–Trinajstić information content (AvgIpc) is 2.74. The zero-order valence-corrected chi connectivity index (χ0v) is 13.0. The summed E-state index contributed by atoms with van der Waals surface area (Å²) in [6.07, 6.45) is 10.1. The first-order chi connectivity index (χ1) is 9.17. The van der Waals surface area contributed by atoms with Crippen LogP contribution in [0.25, 0.3) is 0 Å². The Hall–Kier alpha value is -0.950. The third-order valence-corrected chi connectivity index (χ3v) is 4.79. The molecule has 1 saturated heterocycles. The molecule has 0 amide bonds. The van der Waals surface area contributed by atoms with Gasteiger partial charge in [-0.25, -0.2) is 9.97 Å². The molecule has 0 aromatic carbocycles. The van der Waals surface area contributed by atoms with Gasteiger partial charge in [-0.05, 0) is 18.6 Å². The number of allylic oxidation sites excluding steroid dienone is 2. The summed E-state index contributed by atoms with van der Waals surface area (Å²) in [5, 5.41) is 6.89. The number of anilines is 1. The van der Waals surface area contributed by atoms with Gasteiger partial charge in [0.05, 0.1) is 0 Å². The molecule has 2 heterocycles. The molecule has 2 N–H and O–H groups in total. The lowest BCUT2D eigenvalue weighted by Gasteiger charge is -2.31. The van der Waals surface area contributed by atoms with Crippen molar-refractivity contribution >= 4 is 28.5 Å². The van der Waals surface area contributed by atoms with Crippen LogP contribution in [-0.4, -0.2) is 32.5 Å². The van der Waals surface area contributed by atoms with Gasteiger partial charge in [-0.15, -0.1) is 0 Å². The van der Waals surface area contributed by atoms with Gasteiger partial charge in [0.25, 0.3) is 0 Å². The van der Waals surface area contributed by atoms with E-state index in [1.165, 1.54) is 5.57 Å². The van der Waals surface area contributed by atoms with Crippen LogP contribution in [-0.2, 0) is 0 Å². The van der Waals surface area contributed by atoms with Gasteiger partial charge < -0.3 is 10.6 Å². The maximum Gasteiger partial charge on any atom is 0.222 e. The van der Waals surface area contributed by atoms with Gasteiger partial charge in [-0.2, -0.15) is 0 Å². The number of hydrogen-bond acceptors (Lipinski definition) is 4. The average molecular weight is 368 g/mol. The number of nitrogens with one attached hydrogen (secondary N) is 2. The monoisotopic (exact) mass is 368 g/mol. The molecule has 5 heteroatoms. The van der Waals surface area contributed by atoms with E-state index in [9.17, 15) is 0 Å². The first-order valence-corrected chi connectivity index (χ1v) is 7.55. The van der Waals surface area contributed by atoms with Crippen LogP contribution in [0.15, 0.2) is 42.3 Å². The highest BCUT2D eigenvalue weighted by Gasteiger charge is 2.44. The minimum Gasteiger partial charge on any atom is -0.350 e. The topological polar surface area (TPSA) is 49.8 Å². The Morgan fingerprint density at radius 1 is 1.47 bits per heavy atom. The molecule has 2 aliphatic rings. The largest absolute Gasteiger partial charge is 0.350 e. The molecular weight excluding hydrogens is 351 g/mol. The van der Waals surface area contributed by atoms with Gasteiger partial charge in [-0.1, -0.05) is 40.8 Å². The number of alkyl halides is 1. The Balaban J connectivity index is 1.73. The fourth-order valence-corrected chi connectivity index (χ4v) is 3.87. The maximum atomic E-state index is 4.20. The van der Waals surface area contributed by atoms with Crippen molar-refractivity contribution in [3.63, 3.8) is 0 Å². The molecule has 0 radical (unpaired) electrons. The third kappa shape index (κ3) is 2.67. The van der Waals surface area contributed by atoms with Crippen molar-refractivity contribution < 1.29 is 0 Å². The number of hydrogen-bond donors (Lipinski definition) is 2. The van der Waals surface area contributed by atoms with Crippen molar-refractivity contribution in [3.8, 4) is 0 Å². The van der Waals surface area contributed by atoms with Crippen molar-refractivity contribution in [2.24, 2.45) is 5.92 Å². The minimum atomic E-state index is 0.262. The second-order valence-electron chi connectivity index (χ2n) is 5.21. The van der Waals surface area contributed by atoms with E-state index in [2.05, 4.69) is 68.3 Å². The summed E-state index contributed by atoms with van der Waals surface area (Å²) in [5.41, 5.74) is 1.42. The summed E-state index contributed by atoms with van der Waals surface area (Å²) < 4.78 is 0.262. The molecule has 100 valence electrons. The van der Waals surface area contributed by atoms with E-state index in [1.807, 2.05) is 6.07 Å². The molecular formula is C14H17IN4. The highest BCUT2D eigenvalue weighted by atomic mass is 127. The zero-order chi connectivity index (χ0) is 13.3. The summed E-state index contributed by atoms with van der Waals surface area (Å²) in [6, 6.07) is 2.28. The Morgan fingerprint density at radius 3 is 3.05 bits per heavy atom. The fraction of sp³-hybridized carbons (Fsp3) is 0.429. The predicted molar refractivity (Wildman–Crippen MR) is 85.5 cm³/mol. The summed E-state index contributed by atoms with van der Waals surface area (Å²) in [6.45, 7) is 4.17. The van der Waals surface area contributed by atoms with Crippen molar-refractivity contribution in [1.29, 1.82) is 0 Å². The summed E-state index contributed by atoms with van der Waals surface area (Å²) in [4.78, 5) is 8.40. The number of nitrogens with zero attached hydrogens (tertiary/aromatic N) is 2. The molecule has 3 atom stereocenters. The van der Waals surface area contributed by atoms with Gasteiger partial charge in [0, 0.05) is 40.9 Å². The number of fused-ring (bicyclic) bond motifs is 1. The van der Waals surface area contributed by atoms with Crippen LogP contribution >= 0.6 is 22.6 Å². The van der Waals surface area contributed by atoms with E-state index in [1.54, 1.807) is 12.4 Å². The smallest absolute Gasteiger partial charge is 0.222 e. The van der Waals surface area contributed by atoms with Crippen LogP contribution in [0.4, 0.5) is 5.95 Å². The van der Waals surface area contributed by atoms with Crippen LogP contribution in [0, 0.1) is 5.92 Å². The quantitative estimate of drug-likeness (QED) is 0.634. The lowest BCUT2D eigenvalue weighted by atomic mass is 9.82. The Morgan fingerprint density at radius 2 is 2.26 bits per heavy atom. The highest BCUT2D eigenvalue weighted by molar-refractivity contribution is 14.1. The van der Waals surface area contributed by atoms with Crippen molar-refractivity contribution in [3.05, 3.63) is 42.3 Å².